The highest BCUT2D eigenvalue weighted by Crippen LogP contribution is 2.25. The number of ether oxygens (including phenoxy) is 1. The van der Waals surface area contributed by atoms with Crippen LogP contribution in [-0.4, -0.2) is 17.1 Å². The van der Waals surface area contributed by atoms with Crippen LogP contribution in [0.1, 0.15) is 5.56 Å². The van der Waals surface area contributed by atoms with Crippen molar-refractivity contribution in [2.75, 3.05) is 7.11 Å². The van der Waals surface area contributed by atoms with E-state index in [1.165, 1.54) is 19.4 Å². The molecule has 0 aliphatic heterocycles. The third kappa shape index (κ3) is 2.18. The average Bonchev–Trinajstić information content (AvgIpc) is 2.32. The molecule has 17 heavy (non-hydrogen) atoms. The van der Waals surface area contributed by atoms with Crippen molar-refractivity contribution in [3.8, 4) is 17.0 Å². The van der Waals surface area contributed by atoms with Crippen molar-refractivity contribution >= 4 is 0 Å². The minimum Gasteiger partial charge on any atom is -0.497 e. The predicted molar refractivity (Wildman–Crippen MR) is 61.5 cm³/mol. The first-order valence-electron chi connectivity index (χ1n) is 5.01. The van der Waals surface area contributed by atoms with Crippen LogP contribution in [0.4, 0.5) is 4.39 Å². The number of aromatic amines is 1. The Morgan fingerprint density at radius 2 is 2.18 bits per heavy atom. The molecule has 0 bridgehead atoms. The SMILES string of the molecule is COc1ccc(-c2[nH]c(=O)ncc2C)c(F)c1. The van der Waals surface area contributed by atoms with Crippen LogP contribution in [0.15, 0.2) is 29.2 Å². The fourth-order valence-corrected chi connectivity index (χ4v) is 1.56. The van der Waals surface area contributed by atoms with Crippen molar-refractivity contribution in [1.82, 2.24) is 9.97 Å². The van der Waals surface area contributed by atoms with Gasteiger partial charge in [0.15, 0.2) is 0 Å². The number of rotatable bonds is 2. The number of benzene rings is 1. The molecule has 0 aliphatic carbocycles. The predicted octanol–water partition coefficient (Wildman–Crippen LogP) is 1.89. The fraction of sp³-hybridized carbons (Fsp3) is 0.167. The first-order chi connectivity index (χ1) is 8.11. The molecule has 0 fully saturated rings. The zero-order valence-corrected chi connectivity index (χ0v) is 9.45. The van der Waals surface area contributed by atoms with Gasteiger partial charge in [0.1, 0.15) is 11.6 Å². The quantitative estimate of drug-likeness (QED) is 0.863. The second-order valence-electron chi connectivity index (χ2n) is 3.59. The maximum absolute atomic E-state index is 13.8. The monoisotopic (exact) mass is 234 g/mol. The van der Waals surface area contributed by atoms with Gasteiger partial charge >= 0.3 is 5.69 Å². The summed E-state index contributed by atoms with van der Waals surface area (Å²) in [4.78, 5) is 17.2. The number of aryl methyl sites for hydroxylation is 1. The maximum atomic E-state index is 13.8. The molecule has 0 amide bonds. The molecule has 0 atom stereocenters. The second kappa shape index (κ2) is 4.37. The first-order valence-corrected chi connectivity index (χ1v) is 5.01. The number of hydrogen-bond donors (Lipinski definition) is 1. The van der Waals surface area contributed by atoms with Crippen molar-refractivity contribution in [3.63, 3.8) is 0 Å². The summed E-state index contributed by atoms with van der Waals surface area (Å²) >= 11 is 0. The van der Waals surface area contributed by atoms with E-state index in [9.17, 15) is 9.18 Å². The van der Waals surface area contributed by atoms with Gasteiger partial charge < -0.3 is 9.72 Å². The lowest BCUT2D eigenvalue weighted by Gasteiger charge is -2.07. The van der Waals surface area contributed by atoms with Crippen LogP contribution < -0.4 is 10.4 Å². The number of methoxy groups -OCH3 is 1. The molecule has 0 radical (unpaired) electrons. The number of H-pyrrole nitrogens is 1. The van der Waals surface area contributed by atoms with Crippen LogP contribution in [0, 0.1) is 12.7 Å². The van der Waals surface area contributed by atoms with E-state index in [-0.39, 0.29) is 0 Å². The Hall–Kier alpha value is -2.17. The third-order valence-corrected chi connectivity index (χ3v) is 2.45. The molecule has 88 valence electrons. The third-order valence-electron chi connectivity index (χ3n) is 2.45. The molecule has 2 aromatic rings. The summed E-state index contributed by atoms with van der Waals surface area (Å²) in [5, 5.41) is 0. The Morgan fingerprint density at radius 3 is 2.82 bits per heavy atom. The van der Waals surface area contributed by atoms with Crippen LogP contribution >= 0.6 is 0 Å². The minimum atomic E-state index is -0.499. The highest BCUT2D eigenvalue weighted by Gasteiger charge is 2.10. The zero-order chi connectivity index (χ0) is 12.4. The number of nitrogens with one attached hydrogen (secondary N) is 1. The van der Waals surface area contributed by atoms with Gasteiger partial charge in [-0.2, -0.15) is 0 Å². The average molecular weight is 234 g/mol. The highest BCUT2D eigenvalue weighted by atomic mass is 19.1. The Kier molecular flexibility index (Phi) is 2.91. The normalized spacial score (nSPS) is 10.3. The molecule has 1 heterocycles. The number of hydrogen-bond acceptors (Lipinski definition) is 3. The van der Waals surface area contributed by atoms with Crippen LogP contribution in [0.25, 0.3) is 11.3 Å². The lowest BCUT2D eigenvalue weighted by Crippen LogP contribution is -2.11. The molecule has 0 saturated carbocycles. The number of aromatic nitrogens is 2. The molecule has 0 aliphatic rings. The first kappa shape index (κ1) is 11.3. The van der Waals surface area contributed by atoms with Gasteiger partial charge in [0.05, 0.1) is 12.8 Å². The second-order valence-corrected chi connectivity index (χ2v) is 3.59. The Balaban J connectivity index is 2.60. The molecule has 2 rings (SSSR count). The molecule has 0 saturated heterocycles. The molecule has 0 spiro atoms. The van der Waals surface area contributed by atoms with Crippen LogP contribution in [0.3, 0.4) is 0 Å². The van der Waals surface area contributed by atoms with E-state index in [1.807, 2.05) is 0 Å². The van der Waals surface area contributed by atoms with Crippen molar-refractivity contribution in [3.05, 3.63) is 46.3 Å². The van der Waals surface area contributed by atoms with Crippen molar-refractivity contribution in [1.29, 1.82) is 0 Å². The largest absolute Gasteiger partial charge is 0.497 e. The smallest absolute Gasteiger partial charge is 0.345 e. The van der Waals surface area contributed by atoms with Crippen LogP contribution in [0.2, 0.25) is 0 Å². The van der Waals surface area contributed by atoms with Gasteiger partial charge in [-0.15, -0.1) is 0 Å². The fourth-order valence-electron chi connectivity index (χ4n) is 1.56. The van der Waals surface area contributed by atoms with E-state index in [0.29, 0.717) is 22.6 Å². The summed E-state index contributed by atoms with van der Waals surface area (Å²) in [6, 6.07) is 4.47. The molecule has 4 nitrogen and oxygen atoms in total. The van der Waals surface area contributed by atoms with E-state index < -0.39 is 11.5 Å². The summed E-state index contributed by atoms with van der Waals surface area (Å²) in [5.41, 5.74) is 0.961. The summed E-state index contributed by atoms with van der Waals surface area (Å²) in [7, 11) is 1.47. The molecule has 5 heteroatoms. The summed E-state index contributed by atoms with van der Waals surface area (Å²) < 4.78 is 18.7. The summed E-state index contributed by atoms with van der Waals surface area (Å²) in [5.74, 6) is -0.0189. The summed E-state index contributed by atoms with van der Waals surface area (Å²) in [6.45, 7) is 1.75. The topological polar surface area (TPSA) is 55.0 Å². The molecular formula is C12H11FN2O2. The standard InChI is InChI=1S/C12H11FN2O2/c1-7-6-14-12(16)15-11(7)9-4-3-8(17-2)5-10(9)13/h3-6H,1-2H3,(H,14,15,16). The van der Waals surface area contributed by atoms with Gasteiger partial charge in [-0.1, -0.05) is 0 Å². The van der Waals surface area contributed by atoms with Gasteiger partial charge in [0.2, 0.25) is 0 Å². The van der Waals surface area contributed by atoms with Gasteiger partial charge in [0.25, 0.3) is 0 Å². The maximum Gasteiger partial charge on any atom is 0.345 e. The van der Waals surface area contributed by atoms with E-state index in [1.54, 1.807) is 19.1 Å². The zero-order valence-electron chi connectivity index (χ0n) is 9.45. The van der Waals surface area contributed by atoms with Crippen LogP contribution in [0.5, 0.6) is 5.75 Å². The van der Waals surface area contributed by atoms with Gasteiger partial charge in [-0.25, -0.2) is 14.2 Å². The lowest BCUT2D eigenvalue weighted by molar-refractivity contribution is 0.411. The van der Waals surface area contributed by atoms with E-state index in [2.05, 4.69) is 9.97 Å². The molecule has 0 unspecified atom stereocenters. The van der Waals surface area contributed by atoms with Gasteiger partial charge in [0, 0.05) is 17.8 Å². The van der Waals surface area contributed by atoms with Gasteiger partial charge in [-0.3, -0.25) is 0 Å². The number of nitrogens with zero attached hydrogens (tertiary/aromatic N) is 1. The van der Waals surface area contributed by atoms with Gasteiger partial charge in [-0.05, 0) is 24.6 Å². The van der Waals surface area contributed by atoms with E-state index in [0.717, 1.165) is 0 Å². The Bertz CT molecular complexity index is 608. The minimum absolute atomic E-state index is 0.322. The highest BCUT2D eigenvalue weighted by molar-refractivity contribution is 5.63. The molecule has 1 aromatic carbocycles. The lowest BCUT2D eigenvalue weighted by atomic mass is 10.1. The van der Waals surface area contributed by atoms with Crippen LogP contribution in [-0.2, 0) is 0 Å². The Labute approximate surface area is 97.1 Å². The Morgan fingerprint density at radius 1 is 1.41 bits per heavy atom. The van der Waals surface area contributed by atoms with E-state index in [4.69, 9.17) is 4.74 Å². The van der Waals surface area contributed by atoms with Crippen molar-refractivity contribution < 1.29 is 9.13 Å². The number of halogens is 1. The van der Waals surface area contributed by atoms with Crippen molar-refractivity contribution in [2.24, 2.45) is 0 Å². The van der Waals surface area contributed by atoms with Crippen molar-refractivity contribution in [2.45, 2.75) is 6.92 Å². The summed E-state index contributed by atoms with van der Waals surface area (Å²) in [6.07, 6.45) is 1.41. The molecule has 1 aromatic heterocycles. The van der Waals surface area contributed by atoms with E-state index >= 15 is 0 Å². The molecular weight excluding hydrogens is 223 g/mol. The molecule has 1 N–H and O–H groups in total.